The number of carbonyl (C=O) groups excluding carboxylic acids is 1. The van der Waals surface area contributed by atoms with Crippen LogP contribution in [0.3, 0.4) is 0 Å². The highest BCUT2D eigenvalue weighted by Crippen LogP contribution is 2.27. The number of carboxylic acids is 1. The number of hydrogen-bond donors (Lipinski definition) is 2. The van der Waals surface area contributed by atoms with E-state index in [9.17, 15) is 19.5 Å². The van der Waals surface area contributed by atoms with E-state index in [0.717, 1.165) is 25.7 Å². The van der Waals surface area contributed by atoms with Gasteiger partial charge in [-0.2, -0.15) is 0 Å². The number of carbonyl (C=O) groups is 2. The zero-order chi connectivity index (χ0) is 17.2. The molecule has 2 aromatic heterocycles. The van der Waals surface area contributed by atoms with Gasteiger partial charge in [0, 0.05) is 0 Å². The molecular weight excluding hydrogens is 330 g/mol. The largest absolute Gasteiger partial charge is 0.480 e. The quantitative estimate of drug-likeness (QED) is 0.819. The maximum atomic E-state index is 12.4. The third-order valence-electron chi connectivity index (χ3n) is 4.51. The third-order valence-corrected chi connectivity index (χ3v) is 5.33. The first-order valence-corrected chi connectivity index (χ1v) is 8.87. The molecule has 0 aromatic carbocycles. The summed E-state index contributed by atoms with van der Waals surface area (Å²) in [5.74, 6) is -1.48. The Hall–Kier alpha value is -2.22. The minimum absolute atomic E-state index is 0.230. The number of aliphatic carboxylic acids is 1. The van der Waals surface area contributed by atoms with Gasteiger partial charge < -0.3 is 10.4 Å². The fourth-order valence-electron chi connectivity index (χ4n) is 3.19. The van der Waals surface area contributed by atoms with E-state index in [-0.39, 0.29) is 12.1 Å². The minimum Gasteiger partial charge on any atom is -0.480 e. The number of fused-ring (bicyclic) bond motifs is 1. The molecule has 2 heterocycles. The third kappa shape index (κ3) is 3.19. The van der Waals surface area contributed by atoms with Crippen LogP contribution in [-0.2, 0) is 16.1 Å². The predicted molar refractivity (Wildman–Crippen MR) is 90.1 cm³/mol. The molecule has 3 rings (SSSR count). The molecule has 0 unspecified atom stereocenters. The monoisotopic (exact) mass is 349 g/mol. The topological polar surface area (TPSA) is 101 Å². The van der Waals surface area contributed by atoms with Crippen LogP contribution in [0.25, 0.3) is 10.2 Å². The minimum atomic E-state index is -1.23. The number of nitrogens with zero attached hydrogens (tertiary/aromatic N) is 2. The molecule has 2 N–H and O–H groups in total. The number of thiophene rings is 1. The summed E-state index contributed by atoms with van der Waals surface area (Å²) in [4.78, 5) is 41.2. The normalized spacial score (nSPS) is 17.3. The predicted octanol–water partition coefficient (Wildman–Crippen LogP) is 1.75. The number of aromatic nitrogens is 2. The van der Waals surface area contributed by atoms with Crippen LogP contribution >= 0.6 is 11.3 Å². The van der Waals surface area contributed by atoms with Crippen LogP contribution in [0.5, 0.6) is 0 Å². The van der Waals surface area contributed by atoms with E-state index >= 15 is 0 Å². The maximum absolute atomic E-state index is 12.4. The summed E-state index contributed by atoms with van der Waals surface area (Å²) in [6, 6.07) is 1.67. The van der Waals surface area contributed by atoms with E-state index < -0.39 is 17.4 Å². The van der Waals surface area contributed by atoms with Crippen molar-refractivity contribution in [1.82, 2.24) is 14.9 Å². The van der Waals surface area contributed by atoms with Crippen molar-refractivity contribution in [2.24, 2.45) is 0 Å². The molecule has 0 spiro atoms. The first-order valence-electron chi connectivity index (χ1n) is 7.99. The molecule has 0 aliphatic heterocycles. The van der Waals surface area contributed by atoms with Gasteiger partial charge in [-0.3, -0.25) is 14.2 Å². The number of rotatable bonds is 4. The van der Waals surface area contributed by atoms with Crippen molar-refractivity contribution >= 4 is 33.4 Å². The molecule has 1 amide bonds. The Labute approximate surface area is 142 Å². The molecular formula is C16H19N3O4S. The average molecular weight is 349 g/mol. The van der Waals surface area contributed by atoms with Crippen LogP contribution in [0.4, 0.5) is 0 Å². The summed E-state index contributed by atoms with van der Waals surface area (Å²) < 4.78 is 1.22. The van der Waals surface area contributed by atoms with Crippen LogP contribution in [0, 0.1) is 0 Å². The van der Waals surface area contributed by atoms with Crippen LogP contribution in [0.15, 0.2) is 22.6 Å². The Kier molecular flexibility index (Phi) is 4.66. The highest BCUT2D eigenvalue weighted by Gasteiger charge is 2.40. The van der Waals surface area contributed by atoms with Crippen LogP contribution in [0.2, 0.25) is 0 Å². The molecule has 0 bridgehead atoms. The lowest BCUT2D eigenvalue weighted by atomic mass is 9.90. The summed E-state index contributed by atoms with van der Waals surface area (Å²) in [6.45, 7) is -0.230. The molecule has 1 saturated carbocycles. The molecule has 1 aliphatic carbocycles. The van der Waals surface area contributed by atoms with Crippen molar-refractivity contribution in [3.63, 3.8) is 0 Å². The average Bonchev–Trinajstić information content (AvgIpc) is 2.90. The van der Waals surface area contributed by atoms with E-state index in [0.29, 0.717) is 23.1 Å². The van der Waals surface area contributed by atoms with E-state index in [1.807, 2.05) is 0 Å². The van der Waals surface area contributed by atoms with Crippen molar-refractivity contribution < 1.29 is 14.7 Å². The first-order chi connectivity index (χ1) is 11.5. The van der Waals surface area contributed by atoms with Gasteiger partial charge in [0.25, 0.3) is 5.56 Å². The van der Waals surface area contributed by atoms with Gasteiger partial charge >= 0.3 is 5.97 Å². The van der Waals surface area contributed by atoms with E-state index in [1.54, 1.807) is 11.4 Å². The van der Waals surface area contributed by atoms with Gasteiger partial charge in [-0.15, -0.1) is 11.3 Å². The van der Waals surface area contributed by atoms with Crippen molar-refractivity contribution in [3.05, 3.63) is 28.1 Å². The summed E-state index contributed by atoms with van der Waals surface area (Å²) >= 11 is 1.36. The zero-order valence-corrected chi connectivity index (χ0v) is 14.0. The fourth-order valence-corrected chi connectivity index (χ4v) is 3.91. The SMILES string of the molecule is O=C(Cn1cnc2sccc2c1=O)NC1(C(=O)O)CCCCCC1. The standard InChI is InChI=1S/C16H19N3O4S/c20-12(18-16(15(22)23)6-3-1-2-4-7-16)9-19-10-17-13-11(14(19)21)5-8-24-13/h5,8,10H,1-4,6-7,9H2,(H,18,20)(H,22,23). The van der Waals surface area contributed by atoms with Crippen LogP contribution in [0.1, 0.15) is 38.5 Å². The number of nitrogens with one attached hydrogen (secondary N) is 1. The van der Waals surface area contributed by atoms with Gasteiger partial charge in [-0.05, 0) is 24.3 Å². The second-order valence-corrected chi connectivity index (χ2v) is 7.06. The molecule has 0 atom stereocenters. The highest BCUT2D eigenvalue weighted by molar-refractivity contribution is 7.16. The van der Waals surface area contributed by atoms with Crippen LogP contribution < -0.4 is 10.9 Å². The maximum Gasteiger partial charge on any atom is 0.329 e. The van der Waals surface area contributed by atoms with Gasteiger partial charge in [0.15, 0.2) is 0 Å². The summed E-state index contributed by atoms with van der Waals surface area (Å²) in [6.07, 6.45) is 5.67. The molecule has 0 saturated heterocycles. The van der Waals surface area contributed by atoms with E-state index in [2.05, 4.69) is 10.3 Å². The Bertz CT molecular complexity index is 818. The van der Waals surface area contributed by atoms with Crippen molar-refractivity contribution in [2.45, 2.75) is 50.6 Å². The summed E-state index contributed by atoms with van der Waals surface area (Å²) in [5, 5.41) is 14.5. The lowest BCUT2D eigenvalue weighted by Gasteiger charge is -2.29. The molecule has 8 heteroatoms. The molecule has 2 aromatic rings. The van der Waals surface area contributed by atoms with Gasteiger partial charge in [0.2, 0.25) is 5.91 Å². The smallest absolute Gasteiger partial charge is 0.329 e. The molecule has 128 valence electrons. The lowest BCUT2D eigenvalue weighted by Crippen LogP contribution is -2.55. The van der Waals surface area contributed by atoms with Crippen molar-refractivity contribution in [1.29, 1.82) is 0 Å². The Morgan fingerprint density at radius 1 is 1.29 bits per heavy atom. The lowest BCUT2D eigenvalue weighted by molar-refractivity contribution is -0.148. The van der Waals surface area contributed by atoms with Crippen LogP contribution in [-0.4, -0.2) is 32.1 Å². The first kappa shape index (κ1) is 16.6. The second-order valence-electron chi connectivity index (χ2n) is 6.17. The van der Waals surface area contributed by atoms with Crippen molar-refractivity contribution in [2.75, 3.05) is 0 Å². The van der Waals surface area contributed by atoms with E-state index in [1.165, 1.54) is 22.2 Å². The molecule has 0 radical (unpaired) electrons. The molecule has 7 nitrogen and oxygen atoms in total. The molecule has 1 fully saturated rings. The van der Waals surface area contributed by atoms with Gasteiger partial charge in [-0.1, -0.05) is 25.7 Å². The Morgan fingerprint density at radius 2 is 2.00 bits per heavy atom. The van der Waals surface area contributed by atoms with E-state index in [4.69, 9.17) is 0 Å². The van der Waals surface area contributed by atoms with Gasteiger partial charge in [0.05, 0.1) is 11.7 Å². The second kappa shape index (κ2) is 6.72. The van der Waals surface area contributed by atoms with Gasteiger partial charge in [-0.25, -0.2) is 9.78 Å². The zero-order valence-electron chi connectivity index (χ0n) is 13.2. The highest BCUT2D eigenvalue weighted by atomic mass is 32.1. The molecule has 24 heavy (non-hydrogen) atoms. The van der Waals surface area contributed by atoms with Crippen molar-refractivity contribution in [3.8, 4) is 0 Å². The fraction of sp³-hybridized carbons (Fsp3) is 0.500. The summed E-state index contributed by atoms with van der Waals surface area (Å²) in [7, 11) is 0. The number of amides is 1. The number of carboxylic acid groups (broad SMARTS) is 1. The van der Waals surface area contributed by atoms with Gasteiger partial charge in [0.1, 0.15) is 16.9 Å². The Balaban J connectivity index is 1.79. The summed E-state index contributed by atoms with van der Waals surface area (Å²) in [5.41, 5.74) is -1.52. The molecule has 1 aliphatic rings. The number of hydrogen-bond acceptors (Lipinski definition) is 5. The Morgan fingerprint density at radius 3 is 2.67 bits per heavy atom.